The molecule has 1 spiro atoms. The largest absolute Gasteiger partial charge is 0.399 e. The molecule has 0 unspecified atom stereocenters. The summed E-state index contributed by atoms with van der Waals surface area (Å²) in [4.78, 5) is 13.9. The van der Waals surface area contributed by atoms with Crippen molar-refractivity contribution in [2.75, 3.05) is 17.2 Å². The molecular weight excluding hydrogens is 214 g/mol. The molecule has 1 aromatic carbocycles. The monoisotopic (exact) mass is 231 g/mol. The van der Waals surface area contributed by atoms with E-state index >= 15 is 0 Å². The summed E-state index contributed by atoms with van der Waals surface area (Å²) in [5.74, 6) is 0. The minimum Gasteiger partial charge on any atom is -0.399 e. The Kier molecular flexibility index (Phi) is 2.24. The molecule has 2 aliphatic rings. The normalized spacial score (nSPS) is 22.1. The summed E-state index contributed by atoms with van der Waals surface area (Å²) >= 11 is 0. The number of hydrogen-bond donors (Lipinski definition) is 2. The molecule has 1 aliphatic heterocycles. The van der Waals surface area contributed by atoms with E-state index in [-0.39, 0.29) is 11.6 Å². The molecule has 17 heavy (non-hydrogen) atoms. The number of carbonyl (C=O) groups excluding carboxylic acids is 1. The Morgan fingerprint density at radius 3 is 2.41 bits per heavy atom. The molecule has 1 aromatic rings. The Morgan fingerprint density at radius 2 is 1.88 bits per heavy atom. The summed E-state index contributed by atoms with van der Waals surface area (Å²) in [6, 6.07) is 7.48. The molecule has 1 aliphatic carbocycles. The zero-order valence-corrected chi connectivity index (χ0v) is 9.78. The second kappa shape index (κ2) is 3.65. The zero-order valence-electron chi connectivity index (χ0n) is 9.78. The third-order valence-electron chi connectivity index (χ3n) is 3.95. The van der Waals surface area contributed by atoms with Gasteiger partial charge in [-0.15, -0.1) is 0 Å². The molecule has 90 valence electrons. The maximum absolute atomic E-state index is 12.1. The van der Waals surface area contributed by atoms with Crippen LogP contribution >= 0.6 is 0 Å². The van der Waals surface area contributed by atoms with Crippen LogP contribution in [0.2, 0.25) is 0 Å². The van der Waals surface area contributed by atoms with Crippen molar-refractivity contribution in [1.29, 1.82) is 0 Å². The molecular formula is C13H17N3O. The minimum absolute atomic E-state index is 0.0284. The standard InChI is InChI=1S/C13H17N3O/c14-10-2-4-11(5-3-10)16-9-8-13(6-1-7-13)15-12(16)17/h2-5H,1,6-9,14H2,(H,15,17). The first kappa shape index (κ1) is 10.4. The fraction of sp³-hybridized carbons (Fsp3) is 0.462. The molecule has 0 radical (unpaired) electrons. The lowest BCUT2D eigenvalue weighted by Gasteiger charge is -2.48. The predicted octanol–water partition coefficient (Wildman–Crippen LogP) is 2.11. The Hall–Kier alpha value is -1.71. The van der Waals surface area contributed by atoms with Gasteiger partial charge in [-0.1, -0.05) is 0 Å². The van der Waals surface area contributed by atoms with Crippen molar-refractivity contribution in [2.24, 2.45) is 0 Å². The average molecular weight is 231 g/mol. The van der Waals surface area contributed by atoms with E-state index in [0.29, 0.717) is 0 Å². The van der Waals surface area contributed by atoms with Crippen LogP contribution in [0.25, 0.3) is 0 Å². The number of nitrogens with two attached hydrogens (primary N) is 1. The Balaban J connectivity index is 1.77. The number of carbonyl (C=O) groups is 1. The van der Waals surface area contributed by atoms with Gasteiger partial charge in [-0.05, 0) is 49.9 Å². The topological polar surface area (TPSA) is 58.4 Å². The van der Waals surface area contributed by atoms with E-state index in [1.807, 2.05) is 24.3 Å². The van der Waals surface area contributed by atoms with Crippen molar-refractivity contribution in [3.63, 3.8) is 0 Å². The fourth-order valence-electron chi connectivity index (χ4n) is 2.66. The number of amides is 2. The van der Waals surface area contributed by atoms with Crippen LogP contribution in [0.5, 0.6) is 0 Å². The van der Waals surface area contributed by atoms with Gasteiger partial charge in [-0.25, -0.2) is 4.79 Å². The Labute approximate surface area is 101 Å². The molecule has 1 saturated heterocycles. The van der Waals surface area contributed by atoms with E-state index in [1.54, 1.807) is 4.90 Å². The van der Waals surface area contributed by atoms with E-state index in [0.717, 1.165) is 37.2 Å². The Morgan fingerprint density at radius 1 is 1.18 bits per heavy atom. The van der Waals surface area contributed by atoms with Crippen LogP contribution in [0, 0.1) is 0 Å². The van der Waals surface area contributed by atoms with Gasteiger partial charge in [0.15, 0.2) is 0 Å². The molecule has 1 saturated carbocycles. The van der Waals surface area contributed by atoms with Gasteiger partial charge in [0.1, 0.15) is 0 Å². The van der Waals surface area contributed by atoms with Gasteiger partial charge in [0.05, 0.1) is 0 Å². The molecule has 3 N–H and O–H groups in total. The first-order chi connectivity index (χ1) is 8.19. The lowest BCUT2D eigenvalue weighted by molar-refractivity contribution is 0.157. The zero-order chi connectivity index (χ0) is 11.9. The maximum Gasteiger partial charge on any atom is 0.322 e. The van der Waals surface area contributed by atoms with E-state index in [2.05, 4.69) is 5.32 Å². The molecule has 0 bridgehead atoms. The summed E-state index contributed by atoms with van der Waals surface area (Å²) in [6.45, 7) is 0.801. The fourth-order valence-corrected chi connectivity index (χ4v) is 2.66. The van der Waals surface area contributed by atoms with Crippen LogP contribution in [0.4, 0.5) is 16.2 Å². The molecule has 1 heterocycles. The lowest BCUT2D eigenvalue weighted by atomic mass is 9.73. The summed E-state index contributed by atoms with van der Waals surface area (Å²) in [7, 11) is 0. The van der Waals surface area contributed by atoms with Crippen molar-refractivity contribution in [3.05, 3.63) is 24.3 Å². The SMILES string of the molecule is Nc1ccc(N2CCC3(CCC3)NC2=O)cc1. The van der Waals surface area contributed by atoms with Gasteiger partial charge in [0, 0.05) is 23.5 Å². The van der Waals surface area contributed by atoms with Crippen molar-refractivity contribution < 1.29 is 4.79 Å². The average Bonchev–Trinajstić information content (AvgIpc) is 2.28. The molecule has 4 heteroatoms. The minimum atomic E-state index is 0.0284. The predicted molar refractivity (Wildman–Crippen MR) is 67.9 cm³/mol. The molecule has 4 nitrogen and oxygen atoms in total. The number of nitrogens with zero attached hydrogens (tertiary/aromatic N) is 1. The van der Waals surface area contributed by atoms with Crippen LogP contribution in [0.1, 0.15) is 25.7 Å². The number of nitrogens with one attached hydrogen (secondary N) is 1. The molecule has 2 fully saturated rings. The lowest BCUT2D eigenvalue weighted by Crippen LogP contribution is -2.63. The van der Waals surface area contributed by atoms with Crippen molar-refractivity contribution in [3.8, 4) is 0 Å². The molecule has 0 atom stereocenters. The summed E-state index contributed by atoms with van der Waals surface area (Å²) in [5, 5.41) is 3.15. The van der Waals surface area contributed by atoms with Crippen LogP contribution in [-0.4, -0.2) is 18.1 Å². The van der Waals surface area contributed by atoms with Crippen LogP contribution in [-0.2, 0) is 0 Å². The highest BCUT2D eigenvalue weighted by Crippen LogP contribution is 2.38. The molecule has 3 rings (SSSR count). The smallest absolute Gasteiger partial charge is 0.322 e. The maximum atomic E-state index is 12.1. The van der Waals surface area contributed by atoms with Gasteiger partial charge in [0.25, 0.3) is 0 Å². The number of rotatable bonds is 1. The third-order valence-corrected chi connectivity index (χ3v) is 3.95. The van der Waals surface area contributed by atoms with E-state index < -0.39 is 0 Å². The third kappa shape index (κ3) is 1.73. The Bertz CT molecular complexity index is 436. The molecule has 2 amide bonds. The summed E-state index contributed by atoms with van der Waals surface area (Å²) in [5.41, 5.74) is 7.40. The number of nitrogen functional groups attached to an aromatic ring is 1. The van der Waals surface area contributed by atoms with Gasteiger partial charge < -0.3 is 11.1 Å². The first-order valence-electron chi connectivity index (χ1n) is 6.14. The number of hydrogen-bond acceptors (Lipinski definition) is 2. The highest BCUT2D eigenvalue weighted by Gasteiger charge is 2.42. The van der Waals surface area contributed by atoms with Gasteiger partial charge in [-0.2, -0.15) is 0 Å². The van der Waals surface area contributed by atoms with Gasteiger partial charge >= 0.3 is 6.03 Å². The molecule has 0 aromatic heterocycles. The van der Waals surface area contributed by atoms with Gasteiger partial charge in [-0.3, -0.25) is 4.90 Å². The number of anilines is 2. The summed E-state index contributed by atoms with van der Waals surface area (Å²) in [6.07, 6.45) is 4.55. The van der Waals surface area contributed by atoms with E-state index in [1.165, 1.54) is 6.42 Å². The van der Waals surface area contributed by atoms with Crippen LogP contribution < -0.4 is 16.0 Å². The van der Waals surface area contributed by atoms with E-state index in [4.69, 9.17) is 5.73 Å². The van der Waals surface area contributed by atoms with Crippen molar-refractivity contribution >= 4 is 17.4 Å². The number of urea groups is 1. The van der Waals surface area contributed by atoms with Gasteiger partial charge in [0.2, 0.25) is 0 Å². The van der Waals surface area contributed by atoms with Crippen LogP contribution in [0.15, 0.2) is 24.3 Å². The highest BCUT2D eigenvalue weighted by molar-refractivity contribution is 5.93. The van der Waals surface area contributed by atoms with Crippen LogP contribution in [0.3, 0.4) is 0 Å². The van der Waals surface area contributed by atoms with Crippen molar-refractivity contribution in [2.45, 2.75) is 31.2 Å². The first-order valence-corrected chi connectivity index (χ1v) is 6.14. The number of benzene rings is 1. The second-order valence-electron chi connectivity index (χ2n) is 5.06. The van der Waals surface area contributed by atoms with Crippen molar-refractivity contribution in [1.82, 2.24) is 5.32 Å². The second-order valence-corrected chi connectivity index (χ2v) is 5.06. The summed E-state index contributed by atoms with van der Waals surface area (Å²) < 4.78 is 0. The quantitative estimate of drug-likeness (QED) is 0.727. The highest BCUT2D eigenvalue weighted by atomic mass is 16.2. The van der Waals surface area contributed by atoms with E-state index in [9.17, 15) is 4.79 Å².